The van der Waals surface area contributed by atoms with E-state index in [-0.39, 0.29) is 24.1 Å². The number of benzene rings is 1. The fourth-order valence-electron chi connectivity index (χ4n) is 5.61. The Labute approximate surface area is 226 Å². The Kier molecular flexibility index (Phi) is 9.47. The van der Waals surface area contributed by atoms with E-state index >= 15 is 0 Å². The minimum Gasteiger partial charge on any atom is -0.449 e. The van der Waals surface area contributed by atoms with E-state index in [4.69, 9.17) is 9.72 Å². The van der Waals surface area contributed by atoms with Crippen molar-refractivity contribution in [3.63, 3.8) is 0 Å². The van der Waals surface area contributed by atoms with Crippen LogP contribution in [-0.2, 0) is 4.74 Å². The number of amides is 2. The van der Waals surface area contributed by atoms with Gasteiger partial charge < -0.3 is 25.4 Å². The average molecular weight is 525 g/mol. The third kappa shape index (κ3) is 7.82. The van der Waals surface area contributed by atoms with Gasteiger partial charge in [-0.05, 0) is 95.6 Å². The normalized spacial score (nSPS) is 20.8. The van der Waals surface area contributed by atoms with E-state index in [0.29, 0.717) is 36.5 Å². The zero-order valence-corrected chi connectivity index (χ0v) is 23.2. The molecule has 2 aliphatic rings. The van der Waals surface area contributed by atoms with Crippen LogP contribution in [0, 0.1) is 17.8 Å². The molecule has 0 unspecified atom stereocenters. The van der Waals surface area contributed by atoms with Crippen molar-refractivity contribution in [3.05, 3.63) is 35.9 Å². The lowest BCUT2D eigenvalue weighted by Gasteiger charge is -2.33. The molecule has 1 saturated heterocycles. The summed E-state index contributed by atoms with van der Waals surface area (Å²) in [5.41, 5.74) is 1.21. The van der Waals surface area contributed by atoms with Crippen LogP contribution in [0.2, 0.25) is 0 Å². The number of rotatable bonds is 8. The Morgan fingerprint density at radius 2 is 1.71 bits per heavy atom. The standard InChI is InChI=1S/C30H44N4O4/c1-30(2,3)33-29(37)38-20-23-10-8-22(9-11-23)19-31-28(36)25-18-27(32-26-7-5-4-6-24(25)26)34-15-12-21(13-16-34)14-17-35/h4-7,18,21-23,35H,8-17,19-20H2,1-3H3,(H,31,36)(H,33,37). The van der Waals surface area contributed by atoms with Gasteiger partial charge in [-0.3, -0.25) is 4.79 Å². The highest BCUT2D eigenvalue weighted by atomic mass is 16.5. The first-order chi connectivity index (χ1) is 18.2. The van der Waals surface area contributed by atoms with Gasteiger partial charge in [0.1, 0.15) is 5.82 Å². The second kappa shape index (κ2) is 12.8. The molecule has 3 N–H and O–H groups in total. The molecule has 1 aromatic carbocycles. The number of ether oxygens (including phenoxy) is 1. The number of aliphatic hydroxyl groups is 1. The first kappa shape index (κ1) is 28.1. The fourth-order valence-corrected chi connectivity index (χ4v) is 5.61. The number of hydrogen-bond acceptors (Lipinski definition) is 6. The monoisotopic (exact) mass is 524 g/mol. The van der Waals surface area contributed by atoms with Crippen LogP contribution >= 0.6 is 0 Å². The third-order valence-electron chi connectivity index (χ3n) is 7.87. The minimum atomic E-state index is -0.356. The lowest BCUT2D eigenvalue weighted by atomic mass is 9.82. The van der Waals surface area contributed by atoms with E-state index in [1.807, 2.05) is 51.1 Å². The number of carbonyl (C=O) groups excluding carboxylic acids is 2. The van der Waals surface area contributed by atoms with Gasteiger partial charge in [0, 0.05) is 37.2 Å². The molecule has 1 aliphatic carbocycles. The number of alkyl carbamates (subject to hydrolysis) is 1. The van der Waals surface area contributed by atoms with Crippen molar-refractivity contribution in [1.82, 2.24) is 15.6 Å². The van der Waals surface area contributed by atoms with E-state index in [2.05, 4.69) is 15.5 Å². The van der Waals surface area contributed by atoms with Crippen LogP contribution in [0.4, 0.5) is 10.6 Å². The van der Waals surface area contributed by atoms with Crippen LogP contribution in [0.5, 0.6) is 0 Å². The second-order valence-electron chi connectivity index (χ2n) is 12.1. The summed E-state index contributed by atoms with van der Waals surface area (Å²) >= 11 is 0. The first-order valence-electron chi connectivity index (χ1n) is 14.2. The summed E-state index contributed by atoms with van der Waals surface area (Å²) in [6, 6.07) is 9.80. The molecule has 208 valence electrons. The van der Waals surface area contributed by atoms with Gasteiger partial charge >= 0.3 is 6.09 Å². The molecule has 38 heavy (non-hydrogen) atoms. The number of para-hydroxylation sites is 1. The van der Waals surface area contributed by atoms with Gasteiger partial charge in [-0.1, -0.05) is 18.2 Å². The molecule has 2 amide bonds. The Bertz CT molecular complexity index is 1080. The fraction of sp³-hybridized carbons (Fsp3) is 0.633. The molecular weight excluding hydrogens is 480 g/mol. The molecule has 0 bridgehead atoms. The van der Waals surface area contributed by atoms with E-state index in [1.54, 1.807) is 0 Å². The summed E-state index contributed by atoms with van der Waals surface area (Å²) in [6.07, 6.45) is 6.59. The number of nitrogens with zero attached hydrogens (tertiary/aromatic N) is 2. The van der Waals surface area contributed by atoms with Crippen LogP contribution in [0.3, 0.4) is 0 Å². The molecule has 8 nitrogen and oxygen atoms in total. The summed E-state index contributed by atoms with van der Waals surface area (Å²) in [5.74, 6) is 2.16. The SMILES string of the molecule is CC(C)(C)NC(=O)OCC1CCC(CNC(=O)c2cc(N3CCC(CCO)CC3)nc3ccccc23)CC1. The van der Waals surface area contributed by atoms with Crippen LogP contribution in [0.15, 0.2) is 30.3 Å². The van der Waals surface area contributed by atoms with Crippen LogP contribution in [0.1, 0.15) is 76.1 Å². The molecule has 2 aromatic rings. The second-order valence-corrected chi connectivity index (χ2v) is 12.1. The molecule has 0 spiro atoms. The van der Waals surface area contributed by atoms with Crippen molar-refractivity contribution >= 4 is 28.7 Å². The number of piperidine rings is 1. The van der Waals surface area contributed by atoms with Gasteiger partial charge in [-0.25, -0.2) is 9.78 Å². The van der Waals surface area contributed by atoms with Gasteiger partial charge in [0.05, 0.1) is 17.7 Å². The van der Waals surface area contributed by atoms with Gasteiger partial charge in [0.25, 0.3) is 5.91 Å². The Morgan fingerprint density at radius 1 is 1.03 bits per heavy atom. The molecule has 1 saturated carbocycles. The third-order valence-corrected chi connectivity index (χ3v) is 7.87. The zero-order chi connectivity index (χ0) is 27.1. The summed E-state index contributed by atoms with van der Waals surface area (Å²) in [5, 5.41) is 16.2. The first-order valence-corrected chi connectivity index (χ1v) is 14.2. The highest BCUT2D eigenvalue weighted by molar-refractivity contribution is 6.07. The molecule has 4 rings (SSSR count). The Balaban J connectivity index is 1.31. The number of anilines is 1. The van der Waals surface area contributed by atoms with Crippen LogP contribution in [-0.4, -0.2) is 60.5 Å². The number of carbonyl (C=O) groups is 2. The van der Waals surface area contributed by atoms with Crippen molar-refractivity contribution in [3.8, 4) is 0 Å². The Hall–Kier alpha value is -2.87. The van der Waals surface area contributed by atoms with Crippen molar-refractivity contribution in [2.75, 3.05) is 37.7 Å². The van der Waals surface area contributed by atoms with Gasteiger partial charge in [0.15, 0.2) is 0 Å². The lowest BCUT2D eigenvalue weighted by Crippen LogP contribution is -2.41. The quantitative estimate of drug-likeness (QED) is 0.454. The molecule has 2 fully saturated rings. The minimum absolute atomic E-state index is 0.0516. The highest BCUT2D eigenvalue weighted by Crippen LogP contribution is 2.30. The topological polar surface area (TPSA) is 104 Å². The predicted octanol–water partition coefficient (Wildman–Crippen LogP) is 4.89. The summed E-state index contributed by atoms with van der Waals surface area (Å²) in [7, 11) is 0. The molecule has 2 heterocycles. The molecule has 1 aromatic heterocycles. The molecule has 0 atom stereocenters. The molecule has 1 aliphatic heterocycles. The average Bonchev–Trinajstić information content (AvgIpc) is 2.90. The van der Waals surface area contributed by atoms with Gasteiger partial charge in [0.2, 0.25) is 0 Å². The summed E-state index contributed by atoms with van der Waals surface area (Å²) < 4.78 is 5.43. The number of pyridine rings is 1. The van der Waals surface area contributed by atoms with Gasteiger partial charge in [-0.2, -0.15) is 0 Å². The van der Waals surface area contributed by atoms with Crippen molar-refractivity contribution < 1.29 is 19.4 Å². The Morgan fingerprint density at radius 3 is 2.39 bits per heavy atom. The largest absolute Gasteiger partial charge is 0.449 e. The maximum absolute atomic E-state index is 13.4. The summed E-state index contributed by atoms with van der Waals surface area (Å²) in [6.45, 7) is 8.93. The number of aromatic nitrogens is 1. The molecule has 8 heteroatoms. The van der Waals surface area contributed by atoms with Crippen molar-refractivity contribution in [2.24, 2.45) is 17.8 Å². The van der Waals surface area contributed by atoms with Crippen LogP contribution < -0.4 is 15.5 Å². The molecule has 0 radical (unpaired) electrons. The number of aliphatic hydroxyl groups excluding tert-OH is 1. The highest BCUT2D eigenvalue weighted by Gasteiger charge is 2.25. The number of nitrogens with one attached hydrogen (secondary N) is 2. The van der Waals surface area contributed by atoms with Crippen molar-refractivity contribution in [1.29, 1.82) is 0 Å². The smallest absolute Gasteiger partial charge is 0.407 e. The molecular formula is C30H44N4O4. The van der Waals surface area contributed by atoms with E-state index in [1.165, 1.54) is 0 Å². The van der Waals surface area contributed by atoms with E-state index < -0.39 is 0 Å². The predicted molar refractivity (Wildman–Crippen MR) is 150 cm³/mol. The van der Waals surface area contributed by atoms with E-state index in [9.17, 15) is 14.7 Å². The summed E-state index contributed by atoms with van der Waals surface area (Å²) in [4.78, 5) is 32.5. The maximum atomic E-state index is 13.4. The van der Waals surface area contributed by atoms with Gasteiger partial charge in [-0.15, -0.1) is 0 Å². The number of hydrogen-bond donors (Lipinski definition) is 3. The van der Waals surface area contributed by atoms with Crippen LogP contribution in [0.25, 0.3) is 10.9 Å². The van der Waals surface area contributed by atoms with E-state index in [0.717, 1.165) is 74.8 Å². The lowest BCUT2D eigenvalue weighted by molar-refractivity contribution is 0.0916. The van der Waals surface area contributed by atoms with Crippen molar-refractivity contribution in [2.45, 2.75) is 71.3 Å². The number of fused-ring (bicyclic) bond motifs is 1. The zero-order valence-electron chi connectivity index (χ0n) is 23.2. The maximum Gasteiger partial charge on any atom is 0.407 e.